The molecule has 0 aliphatic carbocycles. The Balaban J connectivity index is 1.94. The van der Waals surface area contributed by atoms with Gasteiger partial charge in [0.2, 0.25) is 11.8 Å². The molecule has 1 aromatic carbocycles. The number of carbonyl (C=O) groups excluding carboxylic acids is 4. The predicted molar refractivity (Wildman–Crippen MR) is 94.2 cm³/mol. The number of imide groups is 2. The van der Waals surface area contributed by atoms with Crippen LogP contribution >= 0.6 is 11.3 Å². The molecule has 134 valence electrons. The number of hydrogen-bond donors (Lipinski definition) is 2. The molecular weight excluding hydrogens is 356 g/mol. The zero-order chi connectivity index (χ0) is 18.7. The molecule has 2 N–H and O–H groups in total. The Morgan fingerprint density at radius 1 is 1.12 bits per heavy atom. The van der Waals surface area contributed by atoms with Crippen LogP contribution in [-0.4, -0.2) is 30.7 Å². The quantitative estimate of drug-likeness (QED) is 0.597. The van der Waals surface area contributed by atoms with Crippen molar-refractivity contribution in [3.8, 4) is 5.75 Å². The van der Waals surface area contributed by atoms with Crippen molar-refractivity contribution in [2.75, 3.05) is 7.11 Å². The van der Waals surface area contributed by atoms with Gasteiger partial charge in [0.25, 0.3) is 0 Å². The van der Waals surface area contributed by atoms with E-state index in [9.17, 15) is 19.2 Å². The summed E-state index contributed by atoms with van der Waals surface area (Å²) in [4.78, 5) is 49.1. The third-order valence-corrected chi connectivity index (χ3v) is 5.10. The molecule has 3 rings (SSSR count). The van der Waals surface area contributed by atoms with Gasteiger partial charge in [0.15, 0.2) is 5.78 Å². The molecule has 0 spiro atoms. The Labute approximate surface area is 153 Å². The van der Waals surface area contributed by atoms with E-state index in [1.54, 1.807) is 41.8 Å². The van der Waals surface area contributed by atoms with Crippen molar-refractivity contribution in [3.05, 3.63) is 52.2 Å². The summed E-state index contributed by atoms with van der Waals surface area (Å²) in [5, 5.41) is 5.98. The van der Waals surface area contributed by atoms with Crippen molar-refractivity contribution in [2.24, 2.45) is 5.92 Å². The standard InChI is InChI=1S/C18H16N2O5S/c1-25-11-6-4-10(5-7-11)12(9-13(21)14-3-2-8-26-14)15-16(22)19-18(24)20-17(15)23/h2-8,12,15H,9H2,1H3,(H2,19,20,22,23,24)/t12-/m1/s1. The first-order valence-corrected chi connectivity index (χ1v) is 8.74. The molecule has 0 unspecified atom stereocenters. The molecule has 2 heterocycles. The van der Waals surface area contributed by atoms with Gasteiger partial charge in [-0.3, -0.25) is 25.0 Å². The number of thiophene rings is 1. The molecule has 0 bridgehead atoms. The van der Waals surface area contributed by atoms with Crippen LogP contribution < -0.4 is 15.4 Å². The number of ether oxygens (including phenoxy) is 1. The minimum Gasteiger partial charge on any atom is -0.497 e. The number of Topliss-reactive ketones (excluding diaryl/α,β-unsaturated/α-hetero) is 1. The highest BCUT2D eigenvalue weighted by Crippen LogP contribution is 2.33. The summed E-state index contributed by atoms with van der Waals surface area (Å²) in [6.45, 7) is 0. The molecule has 1 fully saturated rings. The number of nitrogens with one attached hydrogen (secondary N) is 2. The first kappa shape index (κ1) is 17.8. The topological polar surface area (TPSA) is 102 Å². The van der Waals surface area contributed by atoms with Gasteiger partial charge in [-0.05, 0) is 29.1 Å². The highest BCUT2D eigenvalue weighted by molar-refractivity contribution is 7.12. The number of benzene rings is 1. The Bertz CT molecular complexity index is 825. The van der Waals surface area contributed by atoms with E-state index < -0.39 is 29.7 Å². The molecule has 1 saturated heterocycles. The fourth-order valence-corrected chi connectivity index (χ4v) is 3.59. The lowest BCUT2D eigenvalue weighted by atomic mass is 9.80. The van der Waals surface area contributed by atoms with Crippen LogP contribution in [0.2, 0.25) is 0 Å². The third-order valence-electron chi connectivity index (χ3n) is 4.19. The van der Waals surface area contributed by atoms with Crippen molar-refractivity contribution < 1.29 is 23.9 Å². The van der Waals surface area contributed by atoms with Crippen LogP contribution in [0, 0.1) is 5.92 Å². The highest BCUT2D eigenvalue weighted by Gasteiger charge is 2.41. The zero-order valence-corrected chi connectivity index (χ0v) is 14.7. The maximum Gasteiger partial charge on any atom is 0.328 e. The summed E-state index contributed by atoms with van der Waals surface area (Å²) in [5.74, 6) is -2.85. The van der Waals surface area contributed by atoms with Crippen molar-refractivity contribution in [1.82, 2.24) is 10.6 Å². The molecule has 0 radical (unpaired) electrons. The molecule has 4 amide bonds. The van der Waals surface area contributed by atoms with Crippen LogP contribution in [0.1, 0.15) is 27.6 Å². The molecule has 2 aromatic rings. The third kappa shape index (κ3) is 3.65. The Morgan fingerprint density at radius 3 is 2.31 bits per heavy atom. The Kier molecular flexibility index (Phi) is 5.13. The first-order valence-electron chi connectivity index (χ1n) is 7.86. The number of barbiturate groups is 1. The van der Waals surface area contributed by atoms with Gasteiger partial charge in [0.05, 0.1) is 12.0 Å². The van der Waals surface area contributed by atoms with Gasteiger partial charge in [-0.2, -0.15) is 0 Å². The van der Waals surface area contributed by atoms with Gasteiger partial charge in [0, 0.05) is 12.3 Å². The molecule has 7 nitrogen and oxygen atoms in total. The van der Waals surface area contributed by atoms with Gasteiger partial charge in [0.1, 0.15) is 11.7 Å². The average Bonchev–Trinajstić information content (AvgIpc) is 3.15. The van der Waals surface area contributed by atoms with E-state index in [4.69, 9.17) is 4.74 Å². The summed E-state index contributed by atoms with van der Waals surface area (Å²) < 4.78 is 5.12. The Hall–Kier alpha value is -3.00. The van der Waals surface area contributed by atoms with Gasteiger partial charge in [-0.1, -0.05) is 18.2 Å². The summed E-state index contributed by atoms with van der Waals surface area (Å²) >= 11 is 1.30. The second-order valence-corrected chi connectivity index (χ2v) is 6.72. The second kappa shape index (κ2) is 7.49. The van der Waals surface area contributed by atoms with Crippen LogP contribution in [0.5, 0.6) is 5.75 Å². The monoisotopic (exact) mass is 372 g/mol. The largest absolute Gasteiger partial charge is 0.497 e. The second-order valence-electron chi connectivity index (χ2n) is 5.77. The van der Waals surface area contributed by atoms with E-state index in [0.717, 1.165) is 0 Å². The number of carbonyl (C=O) groups is 4. The zero-order valence-electron chi connectivity index (χ0n) is 13.9. The molecular formula is C18H16N2O5S. The van der Waals surface area contributed by atoms with Crippen LogP contribution in [0.4, 0.5) is 4.79 Å². The number of urea groups is 1. The smallest absolute Gasteiger partial charge is 0.328 e. The molecule has 26 heavy (non-hydrogen) atoms. The number of rotatable bonds is 6. The van der Waals surface area contributed by atoms with Gasteiger partial charge < -0.3 is 4.74 Å². The maximum absolute atomic E-state index is 12.6. The number of amides is 4. The number of methoxy groups -OCH3 is 1. The van der Waals surface area contributed by atoms with E-state index in [1.807, 2.05) is 0 Å². The van der Waals surface area contributed by atoms with E-state index in [0.29, 0.717) is 16.2 Å². The van der Waals surface area contributed by atoms with Crippen LogP contribution in [0.15, 0.2) is 41.8 Å². The number of ketones is 1. The molecule has 1 aromatic heterocycles. The first-order chi connectivity index (χ1) is 12.5. The molecule has 1 atom stereocenters. The summed E-state index contributed by atoms with van der Waals surface area (Å²) in [6, 6.07) is 9.42. The minimum atomic E-state index is -1.18. The van der Waals surface area contributed by atoms with Crippen molar-refractivity contribution >= 4 is 35.0 Å². The van der Waals surface area contributed by atoms with Crippen LogP contribution in [-0.2, 0) is 9.59 Å². The lowest BCUT2D eigenvalue weighted by Gasteiger charge is -2.28. The highest BCUT2D eigenvalue weighted by atomic mass is 32.1. The lowest BCUT2D eigenvalue weighted by Crippen LogP contribution is -2.57. The van der Waals surface area contributed by atoms with Crippen LogP contribution in [0.25, 0.3) is 0 Å². The summed E-state index contributed by atoms with van der Waals surface area (Å²) in [5.41, 5.74) is 0.639. The lowest BCUT2D eigenvalue weighted by molar-refractivity contribution is -0.136. The van der Waals surface area contributed by atoms with E-state index in [2.05, 4.69) is 10.6 Å². The SMILES string of the molecule is COc1ccc([C@@H](CC(=O)c2cccs2)C2C(=O)NC(=O)NC2=O)cc1. The van der Waals surface area contributed by atoms with Gasteiger partial charge in [-0.25, -0.2) is 4.79 Å². The molecule has 8 heteroatoms. The van der Waals surface area contributed by atoms with E-state index >= 15 is 0 Å². The van der Waals surface area contributed by atoms with Crippen molar-refractivity contribution in [1.29, 1.82) is 0 Å². The fraction of sp³-hybridized carbons (Fsp3) is 0.222. The summed E-state index contributed by atoms with van der Waals surface area (Å²) in [6.07, 6.45) is -0.0352. The predicted octanol–water partition coefficient (Wildman–Crippen LogP) is 2.10. The fourth-order valence-electron chi connectivity index (χ4n) is 2.91. The maximum atomic E-state index is 12.6. The summed E-state index contributed by atoms with van der Waals surface area (Å²) in [7, 11) is 1.53. The van der Waals surface area contributed by atoms with E-state index in [1.165, 1.54) is 18.4 Å². The van der Waals surface area contributed by atoms with Crippen LogP contribution in [0.3, 0.4) is 0 Å². The molecule has 1 aliphatic heterocycles. The van der Waals surface area contributed by atoms with Crippen molar-refractivity contribution in [3.63, 3.8) is 0 Å². The van der Waals surface area contributed by atoms with Crippen molar-refractivity contribution in [2.45, 2.75) is 12.3 Å². The van der Waals surface area contributed by atoms with E-state index in [-0.39, 0.29) is 12.2 Å². The average molecular weight is 372 g/mol. The van der Waals surface area contributed by atoms with Gasteiger partial charge >= 0.3 is 6.03 Å². The molecule has 0 saturated carbocycles. The normalized spacial score (nSPS) is 16.0. The van der Waals surface area contributed by atoms with Gasteiger partial charge in [-0.15, -0.1) is 11.3 Å². The Morgan fingerprint density at radius 2 is 1.77 bits per heavy atom. The number of hydrogen-bond acceptors (Lipinski definition) is 6. The minimum absolute atomic E-state index is 0.0352. The molecule has 1 aliphatic rings.